The normalized spacial score (nSPS) is 14.3. The van der Waals surface area contributed by atoms with Gasteiger partial charge in [0, 0.05) is 45.1 Å². The van der Waals surface area contributed by atoms with E-state index < -0.39 is 6.04 Å². The van der Waals surface area contributed by atoms with Gasteiger partial charge in [0.05, 0.1) is 16.7 Å². The van der Waals surface area contributed by atoms with Crippen molar-refractivity contribution in [1.29, 1.82) is 0 Å². The number of pyridine rings is 1. The second kappa shape index (κ2) is 11.7. The van der Waals surface area contributed by atoms with E-state index >= 15 is 0 Å². The third-order valence-electron chi connectivity index (χ3n) is 11.1. The summed E-state index contributed by atoms with van der Waals surface area (Å²) in [6.45, 7) is 4.71. The van der Waals surface area contributed by atoms with Crippen molar-refractivity contribution in [3.05, 3.63) is 187 Å². The lowest BCUT2D eigenvalue weighted by atomic mass is 9.82. The Morgan fingerprint density at radius 3 is 2.08 bits per heavy atom. The highest BCUT2D eigenvalue weighted by atomic mass is 32.4. The number of nitrogens with zero attached hydrogens (tertiary/aromatic N) is 2. The maximum atomic E-state index is 6.99. The monoisotopic (exact) mass is 702 g/mol. The van der Waals surface area contributed by atoms with Crippen molar-refractivity contribution in [2.24, 2.45) is 0 Å². The van der Waals surface area contributed by atoms with Crippen LogP contribution in [0.4, 0.5) is 0 Å². The molecule has 9 aromatic rings. The first kappa shape index (κ1) is 31.2. The molecule has 0 fully saturated rings. The van der Waals surface area contributed by atoms with Gasteiger partial charge in [0.25, 0.3) is 0 Å². The molecule has 1 unspecified atom stereocenters. The maximum Gasteiger partial charge on any atom is 0.0708 e. The number of rotatable bonds is 5. The zero-order valence-corrected chi connectivity index (χ0v) is 30.7. The van der Waals surface area contributed by atoms with Gasteiger partial charge < -0.3 is 4.57 Å². The van der Waals surface area contributed by atoms with Crippen LogP contribution >= 0.6 is 6.04 Å². The van der Waals surface area contributed by atoms with Crippen molar-refractivity contribution in [3.8, 4) is 28.1 Å². The minimum atomic E-state index is -2.50. The summed E-state index contributed by atoms with van der Waals surface area (Å²) in [5.41, 5.74) is 10.9. The molecule has 0 spiro atoms. The fraction of sp³-hybridized carbons (Fsp3) is 0.0625. The summed E-state index contributed by atoms with van der Waals surface area (Å²) < 4.78 is 2.45. The molecule has 0 saturated heterocycles. The molecule has 0 aliphatic heterocycles. The highest BCUT2D eigenvalue weighted by molar-refractivity contribution is 8.25. The van der Waals surface area contributed by atoms with E-state index in [1.165, 1.54) is 54.8 Å². The Hall–Kier alpha value is -5.60. The number of para-hydroxylation sites is 1. The smallest absolute Gasteiger partial charge is 0.0708 e. The van der Waals surface area contributed by atoms with Crippen LogP contribution in [0.15, 0.2) is 176 Å². The standard InChI is InChI=1S/C48H35N2PS/c1-48(2)43-24-10-8-22-39(43)41-29-42-40-23-9-11-25-46(40)50(47(42)30-44(41)48)35-17-13-21-38(28-35)51(52,36-18-4-3-5-19-36)37-20-12-16-33(26-37)45-27-32-14-6-7-15-34(32)31-49-45/h3-31H,1-2H3. The Balaban J connectivity index is 1.18. The summed E-state index contributed by atoms with van der Waals surface area (Å²) >= 11 is 6.99. The lowest BCUT2D eigenvalue weighted by Crippen LogP contribution is -2.25. The fourth-order valence-corrected chi connectivity index (χ4v) is 12.2. The first-order chi connectivity index (χ1) is 25.4. The van der Waals surface area contributed by atoms with Crippen LogP contribution in [0.3, 0.4) is 0 Å². The molecule has 0 N–H and O–H groups in total. The average Bonchev–Trinajstić information content (AvgIpc) is 3.65. The molecular weight excluding hydrogens is 668 g/mol. The van der Waals surface area contributed by atoms with E-state index in [0.29, 0.717) is 0 Å². The van der Waals surface area contributed by atoms with Crippen LogP contribution in [0.1, 0.15) is 25.0 Å². The van der Waals surface area contributed by atoms with Gasteiger partial charge in [-0.15, -0.1) is 0 Å². The SMILES string of the molecule is CC1(C)c2ccccc2-c2cc3c4ccccc4n(-c4cccc(P(=S)(c5ccccc5)c5cccc(-c6cc7ccccc7cn6)c5)c4)c3cc21. The fourth-order valence-electron chi connectivity index (χ4n) is 8.46. The predicted molar refractivity (Wildman–Crippen MR) is 225 cm³/mol. The molecule has 2 nitrogen and oxygen atoms in total. The van der Waals surface area contributed by atoms with E-state index in [-0.39, 0.29) is 5.41 Å². The number of hydrogen-bond donors (Lipinski definition) is 0. The molecule has 2 aromatic heterocycles. The van der Waals surface area contributed by atoms with Gasteiger partial charge in [-0.3, -0.25) is 4.98 Å². The first-order valence-corrected chi connectivity index (χ1v) is 20.6. The van der Waals surface area contributed by atoms with E-state index in [0.717, 1.165) is 32.9 Å². The third kappa shape index (κ3) is 4.63. The minimum absolute atomic E-state index is 0.0945. The summed E-state index contributed by atoms with van der Waals surface area (Å²) in [5.74, 6) is 0. The van der Waals surface area contributed by atoms with Gasteiger partial charge in [-0.2, -0.15) is 0 Å². The van der Waals surface area contributed by atoms with Gasteiger partial charge in [-0.1, -0.05) is 153 Å². The molecule has 1 aliphatic carbocycles. The van der Waals surface area contributed by atoms with Gasteiger partial charge in [0.2, 0.25) is 0 Å². The van der Waals surface area contributed by atoms with E-state index in [2.05, 4.69) is 188 Å². The third-order valence-corrected chi connectivity index (χ3v) is 16.0. The van der Waals surface area contributed by atoms with Crippen LogP contribution in [0, 0.1) is 0 Å². The number of hydrogen-bond acceptors (Lipinski definition) is 2. The second-order valence-electron chi connectivity index (χ2n) is 14.4. The Bertz CT molecular complexity index is 2920. The lowest BCUT2D eigenvalue weighted by molar-refractivity contribution is 0.661. The molecule has 1 atom stereocenters. The largest absolute Gasteiger partial charge is 0.309 e. The molecule has 10 rings (SSSR count). The van der Waals surface area contributed by atoms with Crippen LogP contribution in [-0.2, 0) is 17.2 Å². The molecule has 1 aliphatic rings. The predicted octanol–water partition coefficient (Wildman–Crippen LogP) is 11.1. The highest BCUT2D eigenvalue weighted by Gasteiger charge is 2.36. The Morgan fingerprint density at radius 2 is 1.21 bits per heavy atom. The summed E-state index contributed by atoms with van der Waals surface area (Å²) in [5, 5.41) is 8.32. The van der Waals surface area contributed by atoms with Crippen molar-refractivity contribution >= 4 is 66.3 Å². The molecule has 0 radical (unpaired) electrons. The molecule has 7 aromatic carbocycles. The number of benzene rings is 7. The van der Waals surface area contributed by atoms with Crippen LogP contribution < -0.4 is 15.9 Å². The van der Waals surface area contributed by atoms with Crippen molar-refractivity contribution in [2.75, 3.05) is 0 Å². The summed E-state index contributed by atoms with van der Waals surface area (Å²) in [6, 6.07) is 59.2. The van der Waals surface area contributed by atoms with Crippen LogP contribution in [0.25, 0.3) is 60.6 Å². The average molecular weight is 703 g/mol. The van der Waals surface area contributed by atoms with Gasteiger partial charge in [0.1, 0.15) is 0 Å². The van der Waals surface area contributed by atoms with Crippen molar-refractivity contribution in [1.82, 2.24) is 9.55 Å². The molecule has 0 bridgehead atoms. The number of fused-ring (bicyclic) bond motifs is 7. The lowest BCUT2D eigenvalue weighted by Gasteiger charge is -2.25. The van der Waals surface area contributed by atoms with Gasteiger partial charge >= 0.3 is 0 Å². The summed E-state index contributed by atoms with van der Waals surface area (Å²) in [6.07, 6.45) is 1.97. The highest BCUT2D eigenvalue weighted by Crippen LogP contribution is 2.51. The zero-order valence-electron chi connectivity index (χ0n) is 29.0. The van der Waals surface area contributed by atoms with Crippen molar-refractivity contribution in [3.63, 3.8) is 0 Å². The molecule has 4 heteroatoms. The Morgan fingerprint density at radius 1 is 0.519 bits per heavy atom. The quantitative estimate of drug-likeness (QED) is 0.166. The van der Waals surface area contributed by atoms with Crippen LogP contribution in [-0.4, -0.2) is 9.55 Å². The Labute approximate surface area is 309 Å². The second-order valence-corrected chi connectivity index (χ2v) is 18.8. The molecule has 2 heterocycles. The van der Waals surface area contributed by atoms with Crippen molar-refractivity contribution in [2.45, 2.75) is 19.3 Å². The Kier molecular flexibility index (Phi) is 7.02. The van der Waals surface area contributed by atoms with Gasteiger partial charge in [0.15, 0.2) is 0 Å². The number of aromatic nitrogens is 2. The summed E-state index contributed by atoms with van der Waals surface area (Å²) in [4.78, 5) is 4.87. The van der Waals surface area contributed by atoms with E-state index in [1.54, 1.807) is 0 Å². The maximum absolute atomic E-state index is 6.99. The zero-order chi connectivity index (χ0) is 35.0. The molecule has 248 valence electrons. The van der Waals surface area contributed by atoms with Gasteiger partial charge in [-0.05, 0) is 86.0 Å². The minimum Gasteiger partial charge on any atom is -0.309 e. The van der Waals surface area contributed by atoms with E-state index in [4.69, 9.17) is 16.8 Å². The topological polar surface area (TPSA) is 17.8 Å². The van der Waals surface area contributed by atoms with Gasteiger partial charge in [-0.25, -0.2) is 0 Å². The van der Waals surface area contributed by atoms with E-state index in [9.17, 15) is 0 Å². The summed E-state index contributed by atoms with van der Waals surface area (Å²) in [7, 11) is 0. The molecular formula is C48H35N2PS. The first-order valence-electron chi connectivity index (χ1n) is 17.8. The molecule has 0 saturated carbocycles. The molecule has 52 heavy (non-hydrogen) atoms. The van der Waals surface area contributed by atoms with E-state index in [1.807, 2.05) is 6.20 Å². The van der Waals surface area contributed by atoms with Crippen LogP contribution in [0.5, 0.6) is 0 Å². The molecule has 0 amide bonds. The van der Waals surface area contributed by atoms with Crippen molar-refractivity contribution < 1.29 is 0 Å². The van der Waals surface area contributed by atoms with Crippen LogP contribution in [0.2, 0.25) is 0 Å².